The first-order valence-electron chi connectivity index (χ1n) is 6.49. The Morgan fingerprint density at radius 2 is 2.25 bits per heavy atom. The number of nitrogens with zero attached hydrogens (tertiary/aromatic N) is 4. The van der Waals surface area contributed by atoms with Gasteiger partial charge in [-0.15, -0.1) is 0 Å². The maximum Gasteiger partial charge on any atom is 0.269 e. The van der Waals surface area contributed by atoms with Gasteiger partial charge in [0.25, 0.3) is 5.56 Å². The fraction of sp³-hybridized carbons (Fsp3) is 0.357. The number of hydrogen-bond donors (Lipinski definition) is 0. The van der Waals surface area contributed by atoms with Gasteiger partial charge < -0.3 is 4.90 Å². The highest BCUT2D eigenvalue weighted by Crippen LogP contribution is 2.12. The van der Waals surface area contributed by atoms with Gasteiger partial charge in [-0.05, 0) is 12.5 Å². The van der Waals surface area contributed by atoms with Crippen LogP contribution in [0.3, 0.4) is 0 Å². The summed E-state index contributed by atoms with van der Waals surface area (Å²) in [6.45, 7) is 3.30. The fourth-order valence-electron chi connectivity index (χ4n) is 1.91. The molecule has 0 aliphatic rings. The van der Waals surface area contributed by atoms with E-state index in [9.17, 15) is 4.79 Å². The second kappa shape index (κ2) is 6.52. The molecule has 106 valence electrons. The summed E-state index contributed by atoms with van der Waals surface area (Å²) in [5.74, 6) is 0. The van der Waals surface area contributed by atoms with Crippen molar-refractivity contribution < 1.29 is 0 Å². The summed E-state index contributed by atoms with van der Waals surface area (Å²) in [6.07, 6.45) is 4.33. The molecule has 0 amide bonds. The molecule has 0 aliphatic heterocycles. The highest BCUT2D eigenvalue weighted by atomic mass is 35.5. The van der Waals surface area contributed by atoms with Gasteiger partial charge >= 0.3 is 0 Å². The molecular weight excluding hydrogens is 276 g/mol. The van der Waals surface area contributed by atoms with Gasteiger partial charge in [0, 0.05) is 31.4 Å². The van der Waals surface area contributed by atoms with Gasteiger partial charge in [0.2, 0.25) is 0 Å². The standard InChI is InChI=1S/C14H17ClN4O/c1-3-7-18(2)12-8-13(20)19(17-9-12)10-11-5-4-6-16-14(11)15/h4-6,8-9H,3,7,10H2,1-2H3. The summed E-state index contributed by atoms with van der Waals surface area (Å²) in [7, 11) is 1.95. The van der Waals surface area contributed by atoms with Crippen molar-refractivity contribution >= 4 is 17.3 Å². The number of rotatable bonds is 5. The molecule has 2 rings (SSSR count). The topological polar surface area (TPSA) is 51.0 Å². The van der Waals surface area contributed by atoms with E-state index in [1.807, 2.05) is 18.0 Å². The third-order valence-corrected chi connectivity index (χ3v) is 3.35. The van der Waals surface area contributed by atoms with Crippen LogP contribution in [0.5, 0.6) is 0 Å². The van der Waals surface area contributed by atoms with Crippen LogP contribution in [0.25, 0.3) is 0 Å². The van der Waals surface area contributed by atoms with Crippen molar-refractivity contribution in [1.29, 1.82) is 0 Å². The lowest BCUT2D eigenvalue weighted by atomic mass is 10.3. The summed E-state index contributed by atoms with van der Waals surface area (Å²) in [4.78, 5) is 18.1. The van der Waals surface area contributed by atoms with Gasteiger partial charge in [-0.25, -0.2) is 9.67 Å². The second-order valence-electron chi connectivity index (χ2n) is 4.58. The summed E-state index contributed by atoms with van der Waals surface area (Å²) < 4.78 is 1.38. The van der Waals surface area contributed by atoms with E-state index in [0.717, 1.165) is 24.2 Å². The van der Waals surface area contributed by atoms with E-state index in [1.165, 1.54) is 4.68 Å². The zero-order valence-electron chi connectivity index (χ0n) is 11.6. The van der Waals surface area contributed by atoms with E-state index < -0.39 is 0 Å². The first-order chi connectivity index (χ1) is 9.61. The molecule has 0 aromatic carbocycles. The minimum Gasteiger partial charge on any atom is -0.373 e. The zero-order valence-corrected chi connectivity index (χ0v) is 12.3. The smallest absolute Gasteiger partial charge is 0.269 e. The minimum atomic E-state index is -0.148. The van der Waals surface area contributed by atoms with Crippen LogP contribution in [0.15, 0.2) is 35.4 Å². The van der Waals surface area contributed by atoms with Gasteiger partial charge in [-0.3, -0.25) is 4.79 Å². The summed E-state index contributed by atoms with van der Waals surface area (Å²) >= 11 is 5.99. The molecule has 0 spiro atoms. The number of anilines is 1. The highest BCUT2D eigenvalue weighted by Gasteiger charge is 2.07. The van der Waals surface area contributed by atoms with E-state index in [1.54, 1.807) is 24.5 Å². The van der Waals surface area contributed by atoms with Crippen molar-refractivity contribution in [3.05, 3.63) is 51.7 Å². The normalized spacial score (nSPS) is 10.6. The summed E-state index contributed by atoms with van der Waals surface area (Å²) in [5.41, 5.74) is 1.45. The largest absolute Gasteiger partial charge is 0.373 e. The van der Waals surface area contributed by atoms with Crippen molar-refractivity contribution in [1.82, 2.24) is 14.8 Å². The average Bonchev–Trinajstić information content (AvgIpc) is 2.43. The second-order valence-corrected chi connectivity index (χ2v) is 4.94. The van der Waals surface area contributed by atoms with Crippen LogP contribution in [0, 0.1) is 0 Å². The molecule has 20 heavy (non-hydrogen) atoms. The number of aromatic nitrogens is 3. The monoisotopic (exact) mass is 292 g/mol. The van der Waals surface area contributed by atoms with E-state index in [2.05, 4.69) is 17.0 Å². The molecule has 0 radical (unpaired) electrons. The van der Waals surface area contributed by atoms with Crippen LogP contribution >= 0.6 is 11.6 Å². The van der Waals surface area contributed by atoms with E-state index in [0.29, 0.717) is 11.7 Å². The van der Waals surface area contributed by atoms with Crippen LogP contribution < -0.4 is 10.5 Å². The van der Waals surface area contributed by atoms with Gasteiger partial charge in [0.05, 0.1) is 18.4 Å². The zero-order chi connectivity index (χ0) is 14.5. The Hall–Kier alpha value is -1.88. The van der Waals surface area contributed by atoms with E-state index >= 15 is 0 Å². The molecule has 5 nitrogen and oxygen atoms in total. The van der Waals surface area contributed by atoms with Crippen LogP contribution in [0.2, 0.25) is 5.15 Å². The van der Waals surface area contributed by atoms with E-state index in [4.69, 9.17) is 11.6 Å². The molecule has 2 heterocycles. The lowest BCUT2D eigenvalue weighted by Gasteiger charge is -2.17. The molecule has 0 N–H and O–H groups in total. The molecule has 2 aromatic rings. The molecule has 2 aromatic heterocycles. The Morgan fingerprint density at radius 3 is 2.90 bits per heavy atom. The number of hydrogen-bond acceptors (Lipinski definition) is 4. The van der Waals surface area contributed by atoms with Crippen LogP contribution in [0.1, 0.15) is 18.9 Å². The van der Waals surface area contributed by atoms with Crippen molar-refractivity contribution in [2.75, 3.05) is 18.5 Å². The van der Waals surface area contributed by atoms with E-state index in [-0.39, 0.29) is 5.56 Å². The predicted molar refractivity (Wildman–Crippen MR) is 80.4 cm³/mol. The summed E-state index contributed by atoms with van der Waals surface area (Å²) in [6, 6.07) is 5.21. The third kappa shape index (κ3) is 3.36. The molecule has 6 heteroatoms. The van der Waals surface area contributed by atoms with Gasteiger partial charge in [-0.2, -0.15) is 5.10 Å². The Morgan fingerprint density at radius 1 is 1.45 bits per heavy atom. The molecular formula is C14H17ClN4O. The maximum atomic E-state index is 12.1. The molecule has 0 bridgehead atoms. The SMILES string of the molecule is CCCN(C)c1cnn(Cc2cccnc2Cl)c(=O)c1. The van der Waals surface area contributed by atoms with Crippen molar-refractivity contribution in [2.45, 2.75) is 19.9 Å². The number of pyridine rings is 1. The van der Waals surface area contributed by atoms with Gasteiger partial charge in [-0.1, -0.05) is 24.6 Å². The number of halogens is 1. The van der Waals surface area contributed by atoms with Crippen molar-refractivity contribution in [3.8, 4) is 0 Å². The van der Waals surface area contributed by atoms with Crippen LogP contribution in [-0.4, -0.2) is 28.4 Å². The molecule has 0 unspecified atom stereocenters. The molecule has 0 saturated heterocycles. The molecule has 0 aliphatic carbocycles. The Labute approximate surface area is 122 Å². The average molecular weight is 293 g/mol. The Balaban J connectivity index is 2.23. The third-order valence-electron chi connectivity index (χ3n) is 3.01. The molecule has 0 saturated carbocycles. The maximum absolute atomic E-state index is 12.1. The van der Waals surface area contributed by atoms with Gasteiger partial charge in [0.15, 0.2) is 0 Å². The quantitative estimate of drug-likeness (QED) is 0.793. The lowest BCUT2D eigenvalue weighted by Crippen LogP contribution is -2.26. The van der Waals surface area contributed by atoms with Crippen molar-refractivity contribution in [2.24, 2.45) is 0 Å². The van der Waals surface area contributed by atoms with Crippen LogP contribution in [0.4, 0.5) is 5.69 Å². The summed E-state index contributed by atoms with van der Waals surface area (Å²) in [5, 5.41) is 4.59. The first kappa shape index (κ1) is 14.5. The van der Waals surface area contributed by atoms with Gasteiger partial charge in [0.1, 0.15) is 5.15 Å². The molecule has 0 atom stereocenters. The lowest BCUT2D eigenvalue weighted by molar-refractivity contribution is 0.635. The first-order valence-corrected chi connectivity index (χ1v) is 6.87. The highest BCUT2D eigenvalue weighted by molar-refractivity contribution is 6.30. The Bertz CT molecular complexity index is 641. The van der Waals surface area contributed by atoms with Crippen LogP contribution in [-0.2, 0) is 6.54 Å². The predicted octanol–water partition coefficient (Wildman–Crippen LogP) is 2.19. The minimum absolute atomic E-state index is 0.148. The Kier molecular flexibility index (Phi) is 4.74. The van der Waals surface area contributed by atoms with Crippen molar-refractivity contribution in [3.63, 3.8) is 0 Å². The fourth-order valence-corrected chi connectivity index (χ4v) is 2.09. The molecule has 0 fully saturated rings.